The van der Waals surface area contributed by atoms with Gasteiger partial charge in [0.05, 0.1) is 25.2 Å². The van der Waals surface area contributed by atoms with Crippen molar-refractivity contribution in [2.45, 2.75) is 38.1 Å². The van der Waals surface area contributed by atoms with Crippen molar-refractivity contribution in [1.82, 2.24) is 5.32 Å². The molecule has 5 heteroatoms. The number of allylic oxidation sites excluding steroid dienone is 2. The molecule has 0 heterocycles. The van der Waals surface area contributed by atoms with E-state index in [2.05, 4.69) is 47.2 Å². The first-order valence-electron chi connectivity index (χ1n) is 10.6. The number of nitrogens with zero attached hydrogens (tertiary/aromatic N) is 1. The average Bonchev–Trinajstić information content (AvgIpc) is 2.83. The van der Waals surface area contributed by atoms with Crippen molar-refractivity contribution >= 4 is 11.9 Å². The SMILES string of the molecule is C#C.COC(=O)C[C@@H](C)NC(=O)C1=CC2c3ccccc3C2C=C1.Cc1cccc(C#N)c1. The fraction of sp³-hybridized carbons (Fsp3) is 0.250. The van der Waals surface area contributed by atoms with E-state index >= 15 is 0 Å². The molecule has 5 nitrogen and oxygen atoms in total. The number of fused-ring (bicyclic) bond motifs is 4. The van der Waals surface area contributed by atoms with Crippen LogP contribution in [0.4, 0.5) is 0 Å². The fourth-order valence-electron chi connectivity index (χ4n) is 3.84. The van der Waals surface area contributed by atoms with E-state index in [9.17, 15) is 9.59 Å². The molecule has 1 amide bonds. The van der Waals surface area contributed by atoms with Gasteiger partial charge in [0.1, 0.15) is 0 Å². The number of nitriles is 1. The molecule has 0 aromatic heterocycles. The highest BCUT2D eigenvalue weighted by Crippen LogP contribution is 2.50. The number of ether oxygens (including phenoxy) is 1. The van der Waals surface area contributed by atoms with Gasteiger partial charge >= 0.3 is 5.97 Å². The number of aryl methyl sites for hydroxylation is 1. The van der Waals surface area contributed by atoms with Crippen LogP contribution in [0, 0.1) is 31.1 Å². The Morgan fingerprint density at radius 2 is 1.79 bits per heavy atom. The quantitative estimate of drug-likeness (QED) is 0.559. The maximum Gasteiger partial charge on any atom is 0.307 e. The summed E-state index contributed by atoms with van der Waals surface area (Å²) in [5.74, 6) is 0.211. The third kappa shape index (κ3) is 6.45. The van der Waals surface area contributed by atoms with Crippen LogP contribution < -0.4 is 5.32 Å². The van der Waals surface area contributed by atoms with Crippen LogP contribution in [-0.2, 0) is 14.3 Å². The number of hydrogen-bond acceptors (Lipinski definition) is 4. The Morgan fingerprint density at radius 3 is 2.36 bits per heavy atom. The maximum absolute atomic E-state index is 12.3. The number of nitrogens with one attached hydrogen (secondary N) is 1. The minimum absolute atomic E-state index is 0.143. The van der Waals surface area contributed by atoms with Crippen LogP contribution in [0.2, 0.25) is 0 Å². The summed E-state index contributed by atoms with van der Waals surface area (Å²) >= 11 is 0. The number of methoxy groups -OCH3 is 1. The van der Waals surface area contributed by atoms with Gasteiger partial charge in [-0.15, -0.1) is 12.8 Å². The monoisotopic (exact) mass is 440 g/mol. The lowest BCUT2D eigenvalue weighted by Gasteiger charge is -2.38. The number of carbonyl (C=O) groups is 2. The van der Waals surface area contributed by atoms with Crippen LogP contribution in [0.3, 0.4) is 0 Å². The first-order valence-corrected chi connectivity index (χ1v) is 10.6. The van der Waals surface area contributed by atoms with Crippen molar-refractivity contribution < 1.29 is 14.3 Å². The molecule has 0 fully saturated rings. The summed E-state index contributed by atoms with van der Waals surface area (Å²) in [7, 11) is 1.34. The van der Waals surface area contributed by atoms with Crippen LogP contribution in [0.25, 0.3) is 0 Å². The predicted octanol–water partition coefficient (Wildman–Crippen LogP) is 4.55. The summed E-state index contributed by atoms with van der Waals surface area (Å²) in [6.45, 7) is 3.77. The van der Waals surface area contributed by atoms with E-state index in [0.29, 0.717) is 11.5 Å². The zero-order valence-electron chi connectivity index (χ0n) is 19.1. The molecular weight excluding hydrogens is 412 g/mol. The Labute approximate surface area is 195 Å². The molecule has 0 bridgehead atoms. The van der Waals surface area contributed by atoms with E-state index in [4.69, 9.17) is 5.26 Å². The van der Waals surface area contributed by atoms with Gasteiger partial charge in [0.25, 0.3) is 5.91 Å². The molecule has 0 spiro atoms. The zero-order chi connectivity index (χ0) is 24.4. The minimum Gasteiger partial charge on any atom is -0.469 e. The van der Waals surface area contributed by atoms with Gasteiger partial charge in [0, 0.05) is 23.5 Å². The number of rotatable bonds is 4. The third-order valence-electron chi connectivity index (χ3n) is 5.43. The Morgan fingerprint density at radius 1 is 1.12 bits per heavy atom. The first-order chi connectivity index (χ1) is 15.9. The van der Waals surface area contributed by atoms with E-state index in [0.717, 1.165) is 11.1 Å². The van der Waals surface area contributed by atoms with Crippen molar-refractivity contribution in [2.75, 3.05) is 7.11 Å². The molecule has 2 aliphatic rings. The molecule has 0 saturated heterocycles. The van der Waals surface area contributed by atoms with Crippen molar-refractivity contribution in [1.29, 1.82) is 5.26 Å². The standard InChI is InChI=1S/C18H19NO3.C8H7N.C2H2/c1-11(9-17(20)22-2)19-18(21)12-7-8-15-13-5-3-4-6-14(13)16(15)10-12;1-7-3-2-4-8(5-7)6-9;1-2/h3-8,10-11,15-16H,9H2,1-2H3,(H,19,21);2-5H,1H3;1-2H/t11-,15?,16?;;/m1../s1. The van der Waals surface area contributed by atoms with E-state index in [1.54, 1.807) is 13.0 Å². The molecular formula is C28H28N2O3. The summed E-state index contributed by atoms with van der Waals surface area (Å²) in [6, 6.07) is 17.7. The van der Waals surface area contributed by atoms with Gasteiger partial charge in [-0.1, -0.05) is 54.6 Å². The molecule has 2 aromatic carbocycles. The highest BCUT2D eigenvalue weighted by Gasteiger charge is 2.36. The average molecular weight is 441 g/mol. The molecule has 3 atom stereocenters. The number of benzene rings is 2. The number of esters is 1. The lowest BCUT2D eigenvalue weighted by atomic mass is 9.65. The van der Waals surface area contributed by atoms with E-state index < -0.39 is 0 Å². The van der Waals surface area contributed by atoms with Gasteiger partial charge in [-0.3, -0.25) is 9.59 Å². The molecule has 2 aromatic rings. The predicted molar refractivity (Wildman–Crippen MR) is 129 cm³/mol. The topological polar surface area (TPSA) is 79.2 Å². The van der Waals surface area contributed by atoms with Gasteiger partial charge in [0.2, 0.25) is 0 Å². The van der Waals surface area contributed by atoms with Crippen molar-refractivity contribution in [3.8, 4) is 18.9 Å². The van der Waals surface area contributed by atoms with E-state index in [1.807, 2.05) is 49.4 Å². The highest BCUT2D eigenvalue weighted by molar-refractivity contribution is 5.97. The summed E-state index contributed by atoms with van der Waals surface area (Å²) in [4.78, 5) is 23.5. The van der Waals surface area contributed by atoms with Gasteiger partial charge in [-0.2, -0.15) is 5.26 Å². The maximum atomic E-state index is 12.3. The smallest absolute Gasteiger partial charge is 0.307 e. The van der Waals surface area contributed by atoms with E-state index in [-0.39, 0.29) is 30.3 Å². The van der Waals surface area contributed by atoms with Crippen molar-refractivity contribution in [3.63, 3.8) is 0 Å². The van der Waals surface area contributed by atoms with Crippen LogP contribution in [0.15, 0.2) is 72.3 Å². The second-order valence-corrected chi connectivity index (χ2v) is 7.80. The Kier molecular flexibility index (Phi) is 9.21. The molecule has 1 N–H and O–H groups in total. The van der Waals surface area contributed by atoms with Gasteiger partial charge in [0.15, 0.2) is 0 Å². The number of hydrogen-bond donors (Lipinski definition) is 1. The van der Waals surface area contributed by atoms with Crippen LogP contribution in [-0.4, -0.2) is 25.0 Å². The fourth-order valence-corrected chi connectivity index (χ4v) is 3.84. The van der Waals surface area contributed by atoms with Crippen LogP contribution in [0.1, 0.15) is 47.4 Å². The van der Waals surface area contributed by atoms with E-state index in [1.165, 1.54) is 18.2 Å². The summed E-state index contributed by atoms with van der Waals surface area (Å²) in [5, 5.41) is 11.3. The molecule has 33 heavy (non-hydrogen) atoms. The number of carbonyl (C=O) groups excluding carboxylic acids is 2. The van der Waals surface area contributed by atoms with Crippen LogP contribution >= 0.6 is 0 Å². The number of amides is 1. The van der Waals surface area contributed by atoms with Gasteiger partial charge in [-0.25, -0.2) is 0 Å². The molecule has 0 aliphatic heterocycles. The third-order valence-corrected chi connectivity index (χ3v) is 5.43. The molecule has 2 aliphatic carbocycles. The molecule has 168 valence electrons. The van der Waals surface area contributed by atoms with Crippen LogP contribution in [0.5, 0.6) is 0 Å². The summed E-state index contributed by atoms with van der Waals surface area (Å²) in [6.07, 6.45) is 14.2. The second kappa shape index (κ2) is 12.1. The minimum atomic E-state index is -0.325. The lowest BCUT2D eigenvalue weighted by Crippen LogP contribution is -2.36. The second-order valence-electron chi connectivity index (χ2n) is 7.80. The number of terminal acetylenes is 1. The first kappa shape index (κ1) is 25.2. The van der Waals surface area contributed by atoms with Crippen molar-refractivity contribution in [3.05, 3.63) is 94.6 Å². The van der Waals surface area contributed by atoms with Gasteiger partial charge < -0.3 is 10.1 Å². The summed E-state index contributed by atoms with van der Waals surface area (Å²) < 4.78 is 4.61. The summed E-state index contributed by atoms with van der Waals surface area (Å²) in [5.41, 5.74) is 5.17. The molecule has 4 rings (SSSR count). The van der Waals surface area contributed by atoms with Crippen molar-refractivity contribution in [2.24, 2.45) is 0 Å². The lowest BCUT2D eigenvalue weighted by molar-refractivity contribution is -0.141. The molecule has 0 radical (unpaired) electrons. The largest absolute Gasteiger partial charge is 0.469 e. The normalized spacial score (nSPS) is 17.4. The molecule has 0 saturated carbocycles. The Balaban J connectivity index is 0.000000293. The molecule has 2 unspecified atom stereocenters. The zero-order valence-corrected chi connectivity index (χ0v) is 19.1. The Hall–Kier alpha value is -4.09. The van der Waals surface area contributed by atoms with Gasteiger partial charge in [-0.05, 0) is 42.7 Å². The highest BCUT2D eigenvalue weighted by atomic mass is 16.5. The Bertz CT molecular complexity index is 1120.